The van der Waals surface area contributed by atoms with Gasteiger partial charge in [-0.3, -0.25) is 4.79 Å². The van der Waals surface area contributed by atoms with Gasteiger partial charge >= 0.3 is 0 Å². The molecule has 0 radical (unpaired) electrons. The molecule has 0 aliphatic heterocycles. The van der Waals surface area contributed by atoms with E-state index in [0.717, 1.165) is 19.5 Å². The van der Waals surface area contributed by atoms with Crippen LogP contribution in [-0.2, 0) is 0 Å². The number of carbonyl (C=O) groups excluding carboxylic acids is 1. The molecule has 1 saturated carbocycles. The lowest BCUT2D eigenvalue weighted by Crippen LogP contribution is -2.34. The molecule has 1 fully saturated rings. The van der Waals surface area contributed by atoms with Gasteiger partial charge in [0.25, 0.3) is 5.91 Å². The summed E-state index contributed by atoms with van der Waals surface area (Å²) in [4.78, 5) is 14.2. The SMILES string of the molecule is CCCN(CC1CC1)C(=O)c1cc(Cl)nnc1Cl. The molecule has 1 heterocycles. The molecule has 1 aromatic heterocycles. The van der Waals surface area contributed by atoms with Gasteiger partial charge in [0.1, 0.15) is 0 Å². The molecule has 98 valence electrons. The first-order valence-corrected chi connectivity index (χ1v) is 6.85. The van der Waals surface area contributed by atoms with Gasteiger partial charge in [0.2, 0.25) is 0 Å². The van der Waals surface area contributed by atoms with Crippen molar-refractivity contribution in [3.05, 3.63) is 21.9 Å². The second-order valence-corrected chi connectivity index (χ2v) is 5.31. The Hall–Kier alpha value is -0.870. The van der Waals surface area contributed by atoms with Crippen molar-refractivity contribution in [2.24, 2.45) is 5.92 Å². The molecular formula is C12H15Cl2N3O. The molecule has 0 bridgehead atoms. The fourth-order valence-corrected chi connectivity index (χ4v) is 2.15. The highest BCUT2D eigenvalue weighted by Crippen LogP contribution is 2.30. The summed E-state index contributed by atoms with van der Waals surface area (Å²) in [6.07, 6.45) is 3.33. The Labute approximate surface area is 116 Å². The lowest BCUT2D eigenvalue weighted by molar-refractivity contribution is 0.0747. The standard InChI is InChI=1S/C12H15Cl2N3O/c1-2-5-17(7-8-3-4-8)12(18)9-6-10(13)15-16-11(9)14/h6,8H,2-5,7H2,1H3. The summed E-state index contributed by atoms with van der Waals surface area (Å²) < 4.78 is 0. The van der Waals surface area contributed by atoms with Gasteiger partial charge in [0.05, 0.1) is 5.56 Å². The van der Waals surface area contributed by atoms with Crippen LogP contribution in [0.25, 0.3) is 0 Å². The lowest BCUT2D eigenvalue weighted by Gasteiger charge is -2.22. The molecule has 6 heteroatoms. The van der Waals surface area contributed by atoms with E-state index < -0.39 is 0 Å². The number of amides is 1. The van der Waals surface area contributed by atoms with Gasteiger partial charge in [0, 0.05) is 13.1 Å². The van der Waals surface area contributed by atoms with Crippen molar-refractivity contribution in [2.75, 3.05) is 13.1 Å². The third kappa shape index (κ3) is 3.33. The molecular weight excluding hydrogens is 273 g/mol. The number of halogens is 2. The second-order valence-electron chi connectivity index (χ2n) is 4.57. The minimum absolute atomic E-state index is 0.106. The molecule has 0 atom stereocenters. The van der Waals surface area contributed by atoms with E-state index in [1.807, 2.05) is 11.8 Å². The third-order valence-corrected chi connectivity index (χ3v) is 3.37. The Balaban J connectivity index is 2.17. The van der Waals surface area contributed by atoms with Gasteiger partial charge in [-0.25, -0.2) is 0 Å². The Bertz CT molecular complexity index is 449. The van der Waals surface area contributed by atoms with Crippen LogP contribution < -0.4 is 0 Å². The van der Waals surface area contributed by atoms with Gasteiger partial charge in [-0.1, -0.05) is 30.1 Å². The number of hydrogen-bond donors (Lipinski definition) is 0. The van der Waals surface area contributed by atoms with E-state index >= 15 is 0 Å². The van der Waals surface area contributed by atoms with Gasteiger partial charge in [-0.15, -0.1) is 10.2 Å². The number of aromatic nitrogens is 2. The molecule has 0 unspecified atom stereocenters. The molecule has 0 N–H and O–H groups in total. The fraction of sp³-hybridized carbons (Fsp3) is 0.583. The molecule has 0 aromatic carbocycles. The molecule has 1 aromatic rings. The first-order chi connectivity index (χ1) is 8.61. The highest BCUT2D eigenvalue weighted by atomic mass is 35.5. The fourth-order valence-electron chi connectivity index (χ4n) is 1.83. The zero-order valence-corrected chi connectivity index (χ0v) is 11.7. The molecule has 1 aliphatic carbocycles. The van der Waals surface area contributed by atoms with Crippen LogP contribution >= 0.6 is 23.2 Å². The van der Waals surface area contributed by atoms with Crippen molar-refractivity contribution in [1.82, 2.24) is 15.1 Å². The second kappa shape index (κ2) is 5.85. The van der Waals surface area contributed by atoms with E-state index in [4.69, 9.17) is 23.2 Å². The molecule has 1 aliphatic rings. The van der Waals surface area contributed by atoms with E-state index in [-0.39, 0.29) is 16.2 Å². The summed E-state index contributed by atoms with van der Waals surface area (Å²) in [6, 6.07) is 1.48. The summed E-state index contributed by atoms with van der Waals surface area (Å²) in [5.41, 5.74) is 0.339. The smallest absolute Gasteiger partial charge is 0.257 e. The average Bonchev–Trinajstić information content (AvgIpc) is 3.15. The first-order valence-electron chi connectivity index (χ1n) is 6.09. The summed E-state index contributed by atoms with van der Waals surface area (Å²) in [7, 11) is 0. The summed E-state index contributed by atoms with van der Waals surface area (Å²) in [5, 5.41) is 7.58. The van der Waals surface area contributed by atoms with Crippen LogP contribution in [0.15, 0.2) is 6.07 Å². The van der Waals surface area contributed by atoms with Crippen molar-refractivity contribution in [3.63, 3.8) is 0 Å². The Morgan fingerprint density at radius 1 is 1.44 bits per heavy atom. The van der Waals surface area contributed by atoms with Crippen LogP contribution in [0.5, 0.6) is 0 Å². The molecule has 0 saturated heterocycles. The zero-order valence-electron chi connectivity index (χ0n) is 10.2. The van der Waals surface area contributed by atoms with E-state index in [1.54, 1.807) is 0 Å². The summed E-state index contributed by atoms with van der Waals surface area (Å²) in [5.74, 6) is 0.537. The number of hydrogen-bond acceptors (Lipinski definition) is 3. The van der Waals surface area contributed by atoms with E-state index in [1.165, 1.54) is 18.9 Å². The van der Waals surface area contributed by atoms with E-state index in [0.29, 0.717) is 11.5 Å². The van der Waals surface area contributed by atoms with Crippen LogP contribution in [0, 0.1) is 5.92 Å². The number of rotatable bonds is 5. The van der Waals surface area contributed by atoms with Crippen molar-refractivity contribution >= 4 is 29.1 Å². The predicted octanol–water partition coefficient (Wildman–Crippen LogP) is 3.05. The van der Waals surface area contributed by atoms with Gasteiger partial charge in [0.15, 0.2) is 10.3 Å². The van der Waals surface area contributed by atoms with Crippen molar-refractivity contribution < 1.29 is 4.79 Å². The maximum absolute atomic E-state index is 12.4. The molecule has 2 rings (SSSR count). The van der Waals surface area contributed by atoms with Crippen molar-refractivity contribution in [2.45, 2.75) is 26.2 Å². The first kappa shape index (κ1) is 13.6. The van der Waals surface area contributed by atoms with Crippen LogP contribution in [0.3, 0.4) is 0 Å². The molecule has 18 heavy (non-hydrogen) atoms. The monoisotopic (exact) mass is 287 g/mol. The van der Waals surface area contributed by atoms with Crippen LogP contribution in [0.1, 0.15) is 36.5 Å². The highest BCUT2D eigenvalue weighted by Gasteiger charge is 2.28. The van der Waals surface area contributed by atoms with Crippen molar-refractivity contribution in [1.29, 1.82) is 0 Å². The minimum atomic E-state index is -0.106. The summed E-state index contributed by atoms with van der Waals surface area (Å²) >= 11 is 11.7. The van der Waals surface area contributed by atoms with Crippen molar-refractivity contribution in [3.8, 4) is 0 Å². The topological polar surface area (TPSA) is 46.1 Å². The Kier molecular flexibility index (Phi) is 4.40. The normalized spacial score (nSPS) is 14.6. The third-order valence-electron chi connectivity index (χ3n) is 2.91. The predicted molar refractivity (Wildman–Crippen MR) is 71.0 cm³/mol. The van der Waals surface area contributed by atoms with Gasteiger partial charge in [-0.05, 0) is 31.2 Å². The minimum Gasteiger partial charge on any atom is -0.338 e. The Morgan fingerprint density at radius 2 is 2.17 bits per heavy atom. The van der Waals surface area contributed by atoms with E-state index in [9.17, 15) is 4.79 Å². The zero-order chi connectivity index (χ0) is 13.1. The maximum atomic E-state index is 12.4. The lowest BCUT2D eigenvalue weighted by atomic mass is 10.2. The van der Waals surface area contributed by atoms with Crippen LogP contribution in [0.2, 0.25) is 10.3 Å². The van der Waals surface area contributed by atoms with Crippen LogP contribution in [0.4, 0.5) is 0 Å². The molecule has 0 spiro atoms. The Morgan fingerprint density at radius 3 is 2.78 bits per heavy atom. The molecule has 1 amide bonds. The largest absolute Gasteiger partial charge is 0.338 e. The average molecular weight is 288 g/mol. The van der Waals surface area contributed by atoms with Gasteiger partial charge in [-0.2, -0.15) is 0 Å². The highest BCUT2D eigenvalue weighted by molar-refractivity contribution is 6.34. The summed E-state index contributed by atoms with van der Waals surface area (Å²) in [6.45, 7) is 3.57. The quantitative estimate of drug-likeness (QED) is 0.836. The number of carbonyl (C=O) groups is 1. The number of nitrogens with zero attached hydrogens (tertiary/aromatic N) is 3. The van der Waals surface area contributed by atoms with E-state index in [2.05, 4.69) is 10.2 Å². The van der Waals surface area contributed by atoms with Crippen LogP contribution in [-0.4, -0.2) is 34.1 Å². The van der Waals surface area contributed by atoms with Gasteiger partial charge < -0.3 is 4.90 Å². The molecule has 4 nitrogen and oxygen atoms in total. The maximum Gasteiger partial charge on any atom is 0.257 e.